The lowest BCUT2D eigenvalue weighted by Gasteiger charge is -2.23. The number of benzene rings is 2. The van der Waals surface area contributed by atoms with Crippen molar-refractivity contribution in [3.63, 3.8) is 0 Å². The first-order valence-corrected chi connectivity index (χ1v) is 13.6. The Morgan fingerprint density at radius 1 is 1.02 bits per heavy atom. The zero-order chi connectivity index (χ0) is 30.1. The maximum absolute atomic E-state index is 13.7. The molecule has 42 heavy (non-hydrogen) atoms. The van der Waals surface area contributed by atoms with Crippen LogP contribution in [0.2, 0.25) is 0 Å². The van der Waals surface area contributed by atoms with Gasteiger partial charge in [0, 0.05) is 23.9 Å². The van der Waals surface area contributed by atoms with E-state index < -0.39 is 11.7 Å². The third-order valence-electron chi connectivity index (χ3n) is 7.06. The van der Waals surface area contributed by atoms with Crippen LogP contribution in [0.3, 0.4) is 0 Å². The molecule has 0 bridgehead atoms. The summed E-state index contributed by atoms with van der Waals surface area (Å²) in [5.74, 6) is 0.408. The molecule has 5 rings (SSSR count). The molecule has 2 aromatic carbocycles. The zero-order valence-corrected chi connectivity index (χ0v) is 23.9. The molecule has 0 radical (unpaired) electrons. The Hall–Kier alpha value is -4.69. The van der Waals surface area contributed by atoms with E-state index in [-0.39, 0.29) is 0 Å². The third kappa shape index (κ3) is 6.14. The second-order valence-corrected chi connectivity index (χ2v) is 11.3. The molecule has 3 heterocycles. The van der Waals surface area contributed by atoms with Gasteiger partial charge in [0.15, 0.2) is 5.65 Å². The third-order valence-corrected chi connectivity index (χ3v) is 7.06. The first-order valence-electron chi connectivity index (χ1n) is 13.6. The lowest BCUT2D eigenvalue weighted by atomic mass is 9.95. The molecule has 1 N–H and O–H groups in total. The van der Waals surface area contributed by atoms with Crippen molar-refractivity contribution in [3.05, 3.63) is 83.7 Å². The molecule has 0 saturated carbocycles. The molecular weight excluding hydrogens is 541 g/mol. The quantitative estimate of drug-likeness (QED) is 0.164. The summed E-state index contributed by atoms with van der Waals surface area (Å²) in [7, 11) is 6.46. The fourth-order valence-electron chi connectivity index (χ4n) is 4.94. The average Bonchev–Trinajstić information content (AvgIpc) is 3.58. The first kappa shape index (κ1) is 28.8. The number of unbranched alkanes of at least 4 members (excludes halogenated alkanes) is 1. The molecule has 0 saturated heterocycles. The predicted molar refractivity (Wildman–Crippen MR) is 156 cm³/mol. The van der Waals surface area contributed by atoms with Crippen molar-refractivity contribution in [2.45, 2.75) is 25.9 Å². The van der Waals surface area contributed by atoms with Crippen molar-refractivity contribution in [2.75, 3.05) is 39.5 Å². The van der Waals surface area contributed by atoms with E-state index in [4.69, 9.17) is 4.98 Å². The molecule has 0 spiro atoms. The van der Waals surface area contributed by atoms with Gasteiger partial charge < -0.3 is 9.80 Å². The van der Waals surface area contributed by atoms with Crippen molar-refractivity contribution < 1.29 is 17.7 Å². The number of hydrogen-bond donors (Lipinski definition) is 1. The van der Waals surface area contributed by atoms with E-state index in [1.165, 1.54) is 6.07 Å². The van der Waals surface area contributed by atoms with Crippen LogP contribution in [0.1, 0.15) is 29.5 Å². The van der Waals surface area contributed by atoms with E-state index in [2.05, 4.69) is 42.7 Å². The van der Waals surface area contributed by atoms with E-state index in [9.17, 15) is 18.4 Å². The summed E-state index contributed by atoms with van der Waals surface area (Å²) in [6, 6.07) is 16.2. The molecule has 3 aromatic heterocycles. The van der Waals surface area contributed by atoms with E-state index in [1.807, 2.05) is 19.2 Å². The van der Waals surface area contributed by atoms with Crippen molar-refractivity contribution in [1.29, 1.82) is 5.26 Å². The molecule has 216 valence electrons. The van der Waals surface area contributed by atoms with Gasteiger partial charge in [-0.25, -0.2) is 9.20 Å². The van der Waals surface area contributed by atoms with Crippen LogP contribution in [0, 0.1) is 18.3 Å². The van der Waals surface area contributed by atoms with Gasteiger partial charge in [-0.3, -0.25) is 0 Å². The van der Waals surface area contributed by atoms with E-state index in [0.717, 1.165) is 58.5 Å². The van der Waals surface area contributed by atoms with Crippen LogP contribution in [0.5, 0.6) is 0 Å². The van der Waals surface area contributed by atoms with E-state index >= 15 is 0 Å². The summed E-state index contributed by atoms with van der Waals surface area (Å²) in [5, 5.41) is 21.6. The Balaban J connectivity index is 1.61. The van der Waals surface area contributed by atoms with Gasteiger partial charge in [-0.1, -0.05) is 12.1 Å². The fourth-order valence-corrected chi connectivity index (χ4v) is 4.94. The maximum atomic E-state index is 13.7. The predicted octanol–water partition coefficient (Wildman–Crippen LogP) is 6.35. The SMILES string of the molecule is Cc1c(-c2ccnn2-c2ccc(C#N)cc2)cn2nc(NCCCC[N+](C)(C)C)nc2c1-c1cccc(C(F)(F)F)c1. The number of alkyl halides is 3. The summed E-state index contributed by atoms with van der Waals surface area (Å²) in [6.07, 6.45) is 0.958. The number of quaternary nitrogens is 1. The van der Waals surface area contributed by atoms with E-state index in [0.29, 0.717) is 34.8 Å². The Labute approximate surface area is 242 Å². The molecule has 0 atom stereocenters. The highest BCUT2D eigenvalue weighted by molar-refractivity contribution is 5.86. The van der Waals surface area contributed by atoms with Crippen LogP contribution in [0.25, 0.3) is 33.7 Å². The van der Waals surface area contributed by atoms with Crippen LogP contribution in [-0.4, -0.2) is 63.1 Å². The molecule has 8 nitrogen and oxygen atoms in total. The van der Waals surface area contributed by atoms with E-state index in [1.54, 1.807) is 45.7 Å². The summed E-state index contributed by atoms with van der Waals surface area (Å²) >= 11 is 0. The van der Waals surface area contributed by atoms with Gasteiger partial charge >= 0.3 is 6.18 Å². The lowest BCUT2D eigenvalue weighted by molar-refractivity contribution is -0.870. The number of anilines is 1. The number of aromatic nitrogens is 5. The summed E-state index contributed by atoms with van der Waals surface area (Å²) in [6.45, 7) is 3.58. The lowest BCUT2D eigenvalue weighted by Crippen LogP contribution is -2.35. The normalized spacial score (nSPS) is 12.0. The molecule has 0 aliphatic heterocycles. The first-order chi connectivity index (χ1) is 19.9. The number of halogens is 3. The number of nitriles is 1. The topological polar surface area (TPSA) is 83.8 Å². The van der Waals surface area contributed by atoms with Crippen LogP contribution < -0.4 is 5.32 Å². The Morgan fingerprint density at radius 3 is 2.48 bits per heavy atom. The number of nitrogens with one attached hydrogen (secondary N) is 1. The highest BCUT2D eigenvalue weighted by Gasteiger charge is 2.31. The highest BCUT2D eigenvalue weighted by Crippen LogP contribution is 2.38. The molecule has 0 unspecified atom stereocenters. The molecule has 0 fully saturated rings. The number of fused-ring (bicyclic) bond motifs is 1. The molecular formula is C31H32F3N8+. The molecule has 0 amide bonds. The number of hydrogen-bond acceptors (Lipinski definition) is 5. The number of nitrogens with zero attached hydrogens (tertiary/aromatic N) is 7. The Morgan fingerprint density at radius 2 is 1.79 bits per heavy atom. The maximum Gasteiger partial charge on any atom is 0.416 e. The summed E-state index contributed by atoms with van der Waals surface area (Å²) in [4.78, 5) is 4.71. The minimum Gasteiger partial charge on any atom is -0.353 e. The fraction of sp³-hybridized carbons (Fsp3) is 0.290. The van der Waals surface area contributed by atoms with Crippen LogP contribution >= 0.6 is 0 Å². The number of pyridine rings is 1. The Bertz CT molecular complexity index is 1750. The Kier molecular flexibility index (Phi) is 7.75. The van der Waals surface area contributed by atoms with Crippen molar-refractivity contribution in [3.8, 4) is 34.1 Å². The van der Waals surface area contributed by atoms with Gasteiger partial charge in [0.2, 0.25) is 5.95 Å². The minimum absolute atomic E-state index is 0.389. The van der Waals surface area contributed by atoms with Gasteiger partial charge in [0.05, 0.1) is 62.5 Å². The standard InChI is InChI=1S/C31H32F3N8/c1-21-26(27-14-16-37-41(27)25-12-10-22(19-35)11-13-25)20-40-29(28(21)23-8-7-9-24(18-23)31(32,33)34)38-30(39-40)36-15-5-6-17-42(2,3)4/h7-14,16,18,20H,5-6,15,17H2,1-4H3,(H,36,39)/q+1. The summed E-state index contributed by atoms with van der Waals surface area (Å²) < 4.78 is 45.3. The van der Waals surface area contributed by atoms with Crippen molar-refractivity contribution in [2.24, 2.45) is 0 Å². The van der Waals surface area contributed by atoms with Crippen LogP contribution in [0.4, 0.5) is 19.1 Å². The summed E-state index contributed by atoms with van der Waals surface area (Å²) in [5.41, 5.74) is 4.11. The average molecular weight is 574 g/mol. The zero-order valence-electron chi connectivity index (χ0n) is 23.9. The largest absolute Gasteiger partial charge is 0.416 e. The van der Waals surface area contributed by atoms with Gasteiger partial charge in [0.25, 0.3) is 0 Å². The van der Waals surface area contributed by atoms with Gasteiger partial charge in [0.1, 0.15) is 0 Å². The van der Waals surface area contributed by atoms with Gasteiger partial charge in [-0.05, 0) is 73.4 Å². The van der Waals surface area contributed by atoms with Gasteiger partial charge in [-0.15, -0.1) is 5.10 Å². The van der Waals surface area contributed by atoms with Crippen molar-refractivity contribution in [1.82, 2.24) is 24.4 Å². The molecule has 0 aliphatic rings. The second-order valence-electron chi connectivity index (χ2n) is 11.3. The van der Waals surface area contributed by atoms with Crippen LogP contribution in [0.15, 0.2) is 67.0 Å². The smallest absolute Gasteiger partial charge is 0.353 e. The number of rotatable bonds is 9. The molecule has 5 aromatic rings. The van der Waals surface area contributed by atoms with Gasteiger partial charge in [-0.2, -0.15) is 28.5 Å². The van der Waals surface area contributed by atoms with Crippen LogP contribution in [-0.2, 0) is 6.18 Å². The second kappa shape index (κ2) is 11.3. The molecule has 0 aliphatic carbocycles. The van der Waals surface area contributed by atoms with Crippen molar-refractivity contribution >= 4 is 11.6 Å². The molecule has 11 heteroatoms. The minimum atomic E-state index is -4.49. The highest BCUT2D eigenvalue weighted by atomic mass is 19.4. The monoisotopic (exact) mass is 573 g/mol.